The predicted octanol–water partition coefficient (Wildman–Crippen LogP) is 2.75. The Balaban J connectivity index is 2.68. The Kier molecular flexibility index (Phi) is 6.58. The van der Waals surface area contributed by atoms with E-state index in [1.165, 1.54) is 0 Å². The highest BCUT2D eigenvalue weighted by molar-refractivity contribution is 5.84. The molecule has 0 saturated carbocycles. The van der Waals surface area contributed by atoms with Gasteiger partial charge in [0.2, 0.25) is 0 Å². The molecule has 1 rings (SSSR count). The molecule has 1 aromatic rings. The van der Waals surface area contributed by atoms with E-state index in [0.717, 1.165) is 24.8 Å². The van der Waals surface area contributed by atoms with E-state index in [2.05, 4.69) is 24.1 Å². The first-order valence-corrected chi connectivity index (χ1v) is 6.85. The van der Waals surface area contributed by atoms with Gasteiger partial charge in [-0.1, -0.05) is 19.9 Å². The fourth-order valence-corrected chi connectivity index (χ4v) is 1.90. The molecule has 2 atom stereocenters. The molecule has 1 N–H and O–H groups in total. The Hall–Kier alpha value is -1.22. The Morgan fingerprint density at radius 2 is 2.22 bits per heavy atom. The minimum atomic E-state index is -0.0795. The molecule has 18 heavy (non-hydrogen) atoms. The topological polar surface area (TPSA) is 42.0 Å². The van der Waals surface area contributed by atoms with Crippen LogP contribution in [0.5, 0.6) is 0 Å². The van der Waals surface area contributed by atoms with Gasteiger partial charge in [0.1, 0.15) is 5.78 Å². The van der Waals surface area contributed by atoms with E-state index in [0.29, 0.717) is 18.2 Å². The molecule has 0 fully saturated rings. The van der Waals surface area contributed by atoms with E-state index in [1.807, 2.05) is 25.3 Å². The quantitative estimate of drug-likeness (QED) is 0.769. The number of aromatic nitrogens is 1. The molecule has 0 aliphatic rings. The highest BCUT2D eigenvalue weighted by Crippen LogP contribution is 2.07. The summed E-state index contributed by atoms with van der Waals surface area (Å²) >= 11 is 0. The van der Waals surface area contributed by atoms with Crippen molar-refractivity contribution in [2.75, 3.05) is 0 Å². The minimum absolute atomic E-state index is 0.0795. The fraction of sp³-hybridized carbons (Fsp3) is 0.600. The van der Waals surface area contributed by atoms with Crippen molar-refractivity contribution in [1.29, 1.82) is 0 Å². The van der Waals surface area contributed by atoms with Crippen LogP contribution in [0.15, 0.2) is 24.5 Å². The van der Waals surface area contributed by atoms with Crippen molar-refractivity contribution in [2.24, 2.45) is 0 Å². The van der Waals surface area contributed by atoms with Gasteiger partial charge in [-0.25, -0.2) is 0 Å². The van der Waals surface area contributed by atoms with Crippen LogP contribution in [0.3, 0.4) is 0 Å². The molecule has 1 aromatic heterocycles. The number of carbonyl (C=O) groups excluding carboxylic acids is 1. The van der Waals surface area contributed by atoms with Gasteiger partial charge in [-0.15, -0.1) is 0 Å². The molecule has 0 aliphatic carbocycles. The molecule has 3 nitrogen and oxygen atoms in total. The number of nitrogens with zero attached hydrogens (tertiary/aromatic N) is 1. The number of hydrogen-bond donors (Lipinski definition) is 1. The fourth-order valence-electron chi connectivity index (χ4n) is 1.90. The second-order valence-electron chi connectivity index (χ2n) is 4.81. The summed E-state index contributed by atoms with van der Waals surface area (Å²) in [7, 11) is 0. The second-order valence-corrected chi connectivity index (χ2v) is 4.81. The molecule has 1 heterocycles. The Morgan fingerprint density at radius 1 is 1.44 bits per heavy atom. The normalized spacial score (nSPS) is 14.2. The zero-order valence-electron chi connectivity index (χ0n) is 11.6. The van der Waals surface area contributed by atoms with Gasteiger partial charge in [-0.2, -0.15) is 0 Å². The Bertz CT molecular complexity index is 351. The number of pyridine rings is 1. The van der Waals surface area contributed by atoms with Crippen LogP contribution in [0.4, 0.5) is 0 Å². The van der Waals surface area contributed by atoms with Crippen molar-refractivity contribution < 1.29 is 4.79 Å². The number of hydrogen-bond acceptors (Lipinski definition) is 3. The van der Waals surface area contributed by atoms with Crippen LogP contribution in [0.2, 0.25) is 0 Å². The monoisotopic (exact) mass is 248 g/mol. The van der Waals surface area contributed by atoms with Crippen LogP contribution in [-0.2, 0) is 11.2 Å². The van der Waals surface area contributed by atoms with Gasteiger partial charge in [0.15, 0.2) is 0 Å². The van der Waals surface area contributed by atoms with E-state index < -0.39 is 0 Å². The van der Waals surface area contributed by atoms with Gasteiger partial charge in [0.05, 0.1) is 6.04 Å². The number of Topliss-reactive ketones (excluding diaryl/α,β-unsaturated/α-hetero) is 1. The summed E-state index contributed by atoms with van der Waals surface area (Å²) in [5, 5.41) is 3.42. The lowest BCUT2D eigenvalue weighted by Crippen LogP contribution is -2.43. The summed E-state index contributed by atoms with van der Waals surface area (Å²) in [4.78, 5) is 16.2. The Morgan fingerprint density at radius 3 is 2.78 bits per heavy atom. The van der Waals surface area contributed by atoms with Crippen LogP contribution in [0.1, 0.15) is 45.6 Å². The van der Waals surface area contributed by atoms with E-state index in [4.69, 9.17) is 0 Å². The van der Waals surface area contributed by atoms with E-state index >= 15 is 0 Å². The van der Waals surface area contributed by atoms with Gasteiger partial charge >= 0.3 is 0 Å². The van der Waals surface area contributed by atoms with Gasteiger partial charge < -0.3 is 5.32 Å². The van der Waals surface area contributed by atoms with Crippen LogP contribution >= 0.6 is 0 Å². The first-order chi connectivity index (χ1) is 8.67. The maximum absolute atomic E-state index is 12.1. The van der Waals surface area contributed by atoms with E-state index in [1.54, 1.807) is 6.20 Å². The van der Waals surface area contributed by atoms with E-state index in [-0.39, 0.29) is 6.04 Å². The summed E-state index contributed by atoms with van der Waals surface area (Å²) in [6.45, 7) is 6.29. The number of ketones is 1. The third-order valence-corrected chi connectivity index (χ3v) is 3.15. The largest absolute Gasteiger partial charge is 0.305 e. The summed E-state index contributed by atoms with van der Waals surface area (Å²) in [5.41, 5.74) is 1.11. The van der Waals surface area contributed by atoms with Crippen LogP contribution < -0.4 is 5.32 Å². The molecule has 2 unspecified atom stereocenters. The lowest BCUT2D eigenvalue weighted by Gasteiger charge is -2.21. The van der Waals surface area contributed by atoms with E-state index in [9.17, 15) is 4.79 Å². The summed E-state index contributed by atoms with van der Waals surface area (Å²) in [6, 6.07) is 4.23. The van der Waals surface area contributed by atoms with Crippen molar-refractivity contribution in [2.45, 2.75) is 58.5 Å². The summed E-state index contributed by atoms with van der Waals surface area (Å²) in [5.74, 6) is 0.307. The van der Waals surface area contributed by atoms with Crippen LogP contribution in [0, 0.1) is 0 Å². The van der Waals surface area contributed by atoms with Crippen LogP contribution in [0.25, 0.3) is 0 Å². The first kappa shape index (κ1) is 14.8. The SMILES string of the molecule is CCCC(=O)C(Cc1cccnc1)NC(C)CC. The first-order valence-electron chi connectivity index (χ1n) is 6.85. The molecule has 0 spiro atoms. The van der Waals surface area contributed by atoms with Gasteiger partial charge in [-0.05, 0) is 37.8 Å². The zero-order valence-corrected chi connectivity index (χ0v) is 11.6. The molecule has 3 heteroatoms. The minimum Gasteiger partial charge on any atom is -0.305 e. The highest BCUT2D eigenvalue weighted by atomic mass is 16.1. The average Bonchev–Trinajstić information content (AvgIpc) is 2.39. The standard InChI is InChI=1S/C15H24N2O/c1-4-7-15(18)14(17-12(3)5-2)10-13-8-6-9-16-11-13/h6,8-9,11-12,14,17H,4-5,7,10H2,1-3H3. The molecule has 0 saturated heterocycles. The smallest absolute Gasteiger partial charge is 0.150 e. The van der Waals surface area contributed by atoms with Gasteiger partial charge in [0.25, 0.3) is 0 Å². The third-order valence-electron chi connectivity index (χ3n) is 3.15. The van der Waals surface area contributed by atoms with Gasteiger partial charge in [-0.3, -0.25) is 9.78 Å². The highest BCUT2D eigenvalue weighted by Gasteiger charge is 2.19. The van der Waals surface area contributed by atoms with Gasteiger partial charge in [0, 0.05) is 24.9 Å². The lowest BCUT2D eigenvalue weighted by atomic mass is 9.99. The molecular formula is C15H24N2O. The average molecular weight is 248 g/mol. The second kappa shape index (κ2) is 7.98. The van der Waals surface area contributed by atoms with Crippen molar-refractivity contribution in [3.8, 4) is 0 Å². The molecule has 0 bridgehead atoms. The molecule has 0 aliphatic heterocycles. The molecule has 0 aromatic carbocycles. The van der Waals surface area contributed by atoms with Crippen molar-refractivity contribution in [3.05, 3.63) is 30.1 Å². The van der Waals surface area contributed by atoms with Crippen LogP contribution in [-0.4, -0.2) is 22.9 Å². The predicted molar refractivity (Wildman–Crippen MR) is 74.5 cm³/mol. The summed E-state index contributed by atoms with van der Waals surface area (Å²) in [6.07, 6.45) is 6.91. The Labute approximate surface area is 110 Å². The summed E-state index contributed by atoms with van der Waals surface area (Å²) < 4.78 is 0. The maximum Gasteiger partial charge on any atom is 0.150 e. The zero-order chi connectivity index (χ0) is 13.4. The lowest BCUT2D eigenvalue weighted by molar-refractivity contribution is -0.121. The molecule has 0 radical (unpaired) electrons. The molecule has 100 valence electrons. The number of nitrogens with one attached hydrogen (secondary N) is 1. The number of rotatable bonds is 8. The maximum atomic E-state index is 12.1. The van der Waals surface area contributed by atoms with Crippen molar-refractivity contribution in [3.63, 3.8) is 0 Å². The van der Waals surface area contributed by atoms with Crippen molar-refractivity contribution in [1.82, 2.24) is 10.3 Å². The van der Waals surface area contributed by atoms with Crippen molar-refractivity contribution >= 4 is 5.78 Å². The number of carbonyl (C=O) groups is 1. The molecular weight excluding hydrogens is 224 g/mol. The molecule has 0 amide bonds. The third kappa shape index (κ3) is 4.96.